The molecule has 0 fully saturated rings. The van der Waals surface area contributed by atoms with E-state index in [1.165, 1.54) is 25.7 Å². The molecule has 0 saturated heterocycles. The van der Waals surface area contributed by atoms with Crippen molar-refractivity contribution in [2.75, 3.05) is 7.11 Å². The number of carbonyl (C=O) groups excluding carboxylic acids is 2. The van der Waals surface area contributed by atoms with E-state index in [4.69, 9.17) is 4.74 Å². The van der Waals surface area contributed by atoms with Crippen molar-refractivity contribution in [3.63, 3.8) is 0 Å². The van der Waals surface area contributed by atoms with Crippen LogP contribution in [0.1, 0.15) is 10.4 Å². The molecule has 2 aromatic rings. The number of hydrogen-bond acceptors (Lipinski definition) is 5. The fraction of sp³-hybridized carbons (Fsp3) is 0.100. The summed E-state index contributed by atoms with van der Waals surface area (Å²) in [6, 6.07) is 0. The number of Topliss-reactive ketones (excluding diaryl/α,β-unsaturated/α-hetero) is 1. The maximum absolute atomic E-state index is 11.3. The van der Waals surface area contributed by atoms with Crippen LogP contribution in [0.2, 0.25) is 0 Å². The second-order valence-corrected chi connectivity index (χ2v) is 3.08. The first-order chi connectivity index (χ1) is 7.65. The normalized spacial score (nSPS) is 9.71. The third-order valence-corrected chi connectivity index (χ3v) is 2.20. The standard InChI is InChI=1S/C10H8N2O4.K/c1-16-7-4-11-3-6-8(7)5(2-12-6)9(13)10(14)15;/h2-4,12H,1H3,(H,14,15);/q;+1/p-1. The van der Waals surface area contributed by atoms with Gasteiger partial charge in [0.2, 0.25) is 5.78 Å². The molecule has 7 heteroatoms. The zero-order valence-electron chi connectivity index (χ0n) is 9.31. The van der Waals surface area contributed by atoms with Gasteiger partial charge in [0.1, 0.15) is 11.7 Å². The molecule has 0 spiro atoms. The first kappa shape index (κ1) is 14.3. The molecule has 2 heterocycles. The zero-order valence-corrected chi connectivity index (χ0v) is 12.4. The number of aliphatic carboxylic acids is 1. The van der Waals surface area contributed by atoms with E-state index in [9.17, 15) is 14.7 Å². The second kappa shape index (κ2) is 5.74. The molecule has 17 heavy (non-hydrogen) atoms. The minimum absolute atomic E-state index is 0. The summed E-state index contributed by atoms with van der Waals surface area (Å²) in [5, 5.41) is 10.9. The van der Waals surface area contributed by atoms with Gasteiger partial charge in [-0.05, 0) is 0 Å². The van der Waals surface area contributed by atoms with Crippen LogP contribution in [0, 0.1) is 0 Å². The number of methoxy groups -OCH3 is 1. The maximum Gasteiger partial charge on any atom is 1.00 e. The van der Waals surface area contributed by atoms with Crippen LogP contribution in [-0.2, 0) is 4.79 Å². The molecule has 0 amide bonds. The number of nitrogens with zero attached hydrogens (tertiary/aromatic N) is 1. The van der Waals surface area contributed by atoms with Gasteiger partial charge in [0.15, 0.2) is 0 Å². The molecule has 2 rings (SSSR count). The molecule has 0 aliphatic rings. The smallest absolute Gasteiger partial charge is 0.541 e. The molecular weight excluding hydrogens is 251 g/mol. The molecule has 82 valence electrons. The summed E-state index contributed by atoms with van der Waals surface area (Å²) in [4.78, 5) is 28.5. The predicted molar refractivity (Wildman–Crippen MR) is 52.0 cm³/mol. The summed E-state index contributed by atoms with van der Waals surface area (Å²) in [6.45, 7) is 0. The van der Waals surface area contributed by atoms with Crippen LogP contribution >= 0.6 is 0 Å². The number of pyridine rings is 1. The van der Waals surface area contributed by atoms with E-state index in [0.29, 0.717) is 16.7 Å². The average Bonchev–Trinajstić information content (AvgIpc) is 2.71. The SMILES string of the molecule is COc1cncc2[nH]cc(C(=O)C(=O)[O-])c12.[K+]. The average molecular weight is 258 g/mol. The molecule has 0 aromatic carbocycles. The number of nitrogens with one attached hydrogen (secondary N) is 1. The molecule has 0 unspecified atom stereocenters. The minimum Gasteiger partial charge on any atom is -0.541 e. The number of ketones is 1. The molecule has 6 nitrogen and oxygen atoms in total. The van der Waals surface area contributed by atoms with E-state index in [1.54, 1.807) is 0 Å². The summed E-state index contributed by atoms with van der Waals surface area (Å²) < 4.78 is 5.01. The van der Waals surface area contributed by atoms with Gasteiger partial charge in [-0.25, -0.2) is 0 Å². The van der Waals surface area contributed by atoms with E-state index in [1.807, 2.05) is 0 Å². The Labute approximate surface area is 139 Å². The Morgan fingerprint density at radius 1 is 1.41 bits per heavy atom. The van der Waals surface area contributed by atoms with Crippen molar-refractivity contribution in [2.24, 2.45) is 0 Å². The van der Waals surface area contributed by atoms with Crippen molar-refractivity contribution in [3.05, 3.63) is 24.2 Å². The quantitative estimate of drug-likeness (QED) is 0.350. The zero-order chi connectivity index (χ0) is 11.7. The van der Waals surface area contributed by atoms with Crippen molar-refractivity contribution in [1.82, 2.24) is 9.97 Å². The number of rotatable bonds is 3. The molecule has 1 N–H and O–H groups in total. The van der Waals surface area contributed by atoms with Crippen LogP contribution in [0.4, 0.5) is 0 Å². The van der Waals surface area contributed by atoms with Gasteiger partial charge in [0.05, 0.1) is 36.0 Å². The Hall–Kier alpha value is -0.734. The van der Waals surface area contributed by atoms with E-state index >= 15 is 0 Å². The number of H-pyrrole nitrogens is 1. The molecule has 0 saturated carbocycles. The van der Waals surface area contributed by atoms with Gasteiger partial charge in [0, 0.05) is 6.20 Å². The molecule has 0 bridgehead atoms. The Kier molecular flexibility index (Phi) is 4.84. The van der Waals surface area contributed by atoms with Crippen LogP contribution in [-0.4, -0.2) is 28.8 Å². The predicted octanol–water partition coefficient (Wildman–Crippen LogP) is -3.49. The number of fused-ring (bicyclic) bond motifs is 1. The number of ether oxygens (including phenoxy) is 1. The summed E-state index contributed by atoms with van der Waals surface area (Å²) >= 11 is 0. The summed E-state index contributed by atoms with van der Waals surface area (Å²) in [5.74, 6) is -2.50. The fourth-order valence-electron chi connectivity index (χ4n) is 1.49. The van der Waals surface area contributed by atoms with Crippen molar-refractivity contribution in [3.8, 4) is 5.75 Å². The summed E-state index contributed by atoms with van der Waals surface area (Å²) in [6.07, 6.45) is 4.18. The van der Waals surface area contributed by atoms with Crippen molar-refractivity contribution in [1.29, 1.82) is 0 Å². The first-order valence-electron chi connectivity index (χ1n) is 4.40. The van der Waals surface area contributed by atoms with E-state index in [0.717, 1.165) is 0 Å². The minimum atomic E-state index is -1.75. The molecule has 0 atom stereocenters. The van der Waals surface area contributed by atoms with E-state index in [-0.39, 0.29) is 56.9 Å². The fourth-order valence-corrected chi connectivity index (χ4v) is 1.49. The number of carbonyl (C=O) groups is 2. The number of aromatic nitrogens is 2. The molecular formula is C10H7KN2O4. The summed E-state index contributed by atoms with van der Waals surface area (Å²) in [7, 11) is 1.41. The Bertz CT molecular complexity index is 579. The Balaban J connectivity index is 0.00000144. The molecule has 0 aliphatic heterocycles. The number of aromatic amines is 1. The molecule has 0 aliphatic carbocycles. The van der Waals surface area contributed by atoms with Crippen LogP contribution in [0.25, 0.3) is 10.9 Å². The number of hydrogen-bond donors (Lipinski definition) is 1. The van der Waals surface area contributed by atoms with Crippen molar-refractivity contribution in [2.45, 2.75) is 0 Å². The van der Waals surface area contributed by atoms with Crippen LogP contribution in [0.3, 0.4) is 0 Å². The topological polar surface area (TPSA) is 95.1 Å². The molecule has 2 aromatic heterocycles. The van der Waals surface area contributed by atoms with Crippen molar-refractivity contribution < 1.29 is 70.8 Å². The van der Waals surface area contributed by atoms with Gasteiger partial charge in [0.25, 0.3) is 0 Å². The van der Waals surface area contributed by atoms with Crippen LogP contribution < -0.4 is 61.2 Å². The van der Waals surface area contributed by atoms with Gasteiger partial charge in [-0.15, -0.1) is 0 Å². The van der Waals surface area contributed by atoms with Gasteiger partial charge in [-0.1, -0.05) is 0 Å². The van der Waals surface area contributed by atoms with Gasteiger partial charge >= 0.3 is 51.4 Å². The largest absolute Gasteiger partial charge is 1.00 e. The van der Waals surface area contributed by atoms with Gasteiger partial charge < -0.3 is 19.6 Å². The summed E-state index contributed by atoms with van der Waals surface area (Å²) in [5.41, 5.74) is 0.540. The van der Waals surface area contributed by atoms with Gasteiger partial charge in [-0.3, -0.25) is 9.78 Å². The van der Waals surface area contributed by atoms with E-state index < -0.39 is 11.8 Å². The Morgan fingerprint density at radius 2 is 2.12 bits per heavy atom. The second-order valence-electron chi connectivity index (χ2n) is 3.08. The van der Waals surface area contributed by atoms with E-state index in [2.05, 4.69) is 9.97 Å². The first-order valence-corrected chi connectivity index (χ1v) is 4.40. The van der Waals surface area contributed by atoms with Crippen molar-refractivity contribution >= 4 is 22.7 Å². The third kappa shape index (κ3) is 2.58. The molecule has 0 radical (unpaired) electrons. The maximum atomic E-state index is 11.3. The van der Waals surface area contributed by atoms with Crippen LogP contribution in [0.15, 0.2) is 18.6 Å². The number of carboxylic acids is 1. The monoisotopic (exact) mass is 258 g/mol. The van der Waals surface area contributed by atoms with Crippen LogP contribution in [0.5, 0.6) is 5.75 Å². The van der Waals surface area contributed by atoms with Gasteiger partial charge in [-0.2, -0.15) is 0 Å². The third-order valence-electron chi connectivity index (χ3n) is 2.20. The Morgan fingerprint density at radius 3 is 2.71 bits per heavy atom. The number of carboxylic acid groups (broad SMARTS) is 1.